The fraction of sp³-hybridized carbons (Fsp3) is 0.154. The van der Waals surface area contributed by atoms with Crippen LogP contribution in [0.1, 0.15) is 16.3 Å². The van der Waals surface area contributed by atoms with Gasteiger partial charge in [-0.2, -0.15) is 0 Å². The molecule has 0 aliphatic rings. The number of carbonyl (C=O) groups is 1. The molecule has 0 spiro atoms. The zero-order chi connectivity index (χ0) is 13.1. The summed E-state index contributed by atoms with van der Waals surface area (Å²) >= 11 is 5.97. The van der Waals surface area contributed by atoms with E-state index in [4.69, 9.17) is 16.3 Å². The molecule has 2 aromatic rings. The van der Waals surface area contributed by atoms with Crippen molar-refractivity contribution in [3.8, 4) is 17.0 Å². The predicted octanol–water partition coefficient (Wildman–Crippen LogP) is 2.93. The molecule has 0 bridgehead atoms. The molecular weight excluding hydrogens is 252 g/mol. The number of aromatic nitrogens is 2. The lowest BCUT2D eigenvalue weighted by Crippen LogP contribution is -1.98. The summed E-state index contributed by atoms with van der Waals surface area (Å²) in [5.41, 5.74) is 2.06. The standard InChI is InChI=1S/C13H11ClN2O2/c1-8-5-11(16-13(7-17)15-8)10-6-9(14)3-4-12(10)18-2/h3-7H,1-2H3. The zero-order valence-electron chi connectivity index (χ0n) is 9.98. The molecule has 5 heteroatoms. The van der Waals surface area contributed by atoms with Crippen molar-refractivity contribution in [3.63, 3.8) is 0 Å². The van der Waals surface area contributed by atoms with Gasteiger partial charge in [0.15, 0.2) is 12.1 Å². The van der Waals surface area contributed by atoms with Gasteiger partial charge in [-0.25, -0.2) is 9.97 Å². The lowest BCUT2D eigenvalue weighted by molar-refractivity contribution is 0.111. The first kappa shape index (κ1) is 12.5. The maximum absolute atomic E-state index is 10.8. The Morgan fingerprint density at radius 1 is 1.28 bits per heavy atom. The molecule has 0 saturated carbocycles. The molecule has 1 aromatic carbocycles. The zero-order valence-corrected chi connectivity index (χ0v) is 10.7. The van der Waals surface area contributed by atoms with Crippen LogP contribution >= 0.6 is 11.6 Å². The third-order valence-corrected chi connectivity index (χ3v) is 2.65. The van der Waals surface area contributed by atoms with Crippen molar-refractivity contribution >= 4 is 17.9 Å². The number of aldehydes is 1. The Labute approximate surface area is 110 Å². The minimum atomic E-state index is 0.145. The van der Waals surface area contributed by atoms with E-state index in [9.17, 15) is 4.79 Å². The number of hydrogen-bond acceptors (Lipinski definition) is 4. The van der Waals surface area contributed by atoms with E-state index in [1.807, 2.05) is 0 Å². The van der Waals surface area contributed by atoms with Gasteiger partial charge in [0.25, 0.3) is 0 Å². The summed E-state index contributed by atoms with van der Waals surface area (Å²) in [6.07, 6.45) is 0.619. The SMILES string of the molecule is COc1ccc(Cl)cc1-c1cc(C)nc(C=O)n1. The molecule has 0 saturated heterocycles. The average molecular weight is 263 g/mol. The molecule has 18 heavy (non-hydrogen) atoms. The average Bonchev–Trinajstić information content (AvgIpc) is 2.38. The molecule has 4 nitrogen and oxygen atoms in total. The lowest BCUT2D eigenvalue weighted by atomic mass is 10.1. The van der Waals surface area contributed by atoms with Gasteiger partial charge in [-0.05, 0) is 31.2 Å². The molecule has 0 fully saturated rings. The van der Waals surface area contributed by atoms with Gasteiger partial charge in [-0.3, -0.25) is 4.79 Å². The number of halogens is 1. The smallest absolute Gasteiger partial charge is 0.193 e. The van der Waals surface area contributed by atoms with Crippen molar-refractivity contribution < 1.29 is 9.53 Å². The highest BCUT2D eigenvalue weighted by molar-refractivity contribution is 6.30. The van der Waals surface area contributed by atoms with Gasteiger partial charge in [0.2, 0.25) is 0 Å². The van der Waals surface area contributed by atoms with Crippen LogP contribution in [0.4, 0.5) is 0 Å². The van der Waals surface area contributed by atoms with Crippen LogP contribution < -0.4 is 4.74 Å². The van der Waals surface area contributed by atoms with Crippen LogP contribution in [0.3, 0.4) is 0 Å². The van der Waals surface area contributed by atoms with Crippen LogP contribution in [-0.4, -0.2) is 23.4 Å². The fourth-order valence-corrected chi connectivity index (χ4v) is 1.83. The van der Waals surface area contributed by atoms with Crippen molar-refractivity contribution in [2.24, 2.45) is 0 Å². The topological polar surface area (TPSA) is 52.1 Å². The summed E-state index contributed by atoms with van der Waals surface area (Å²) in [6, 6.07) is 7.02. The van der Waals surface area contributed by atoms with Crippen LogP contribution in [0.2, 0.25) is 5.02 Å². The maximum atomic E-state index is 10.8. The second kappa shape index (κ2) is 5.14. The highest BCUT2D eigenvalue weighted by atomic mass is 35.5. The van der Waals surface area contributed by atoms with Crippen molar-refractivity contribution in [1.82, 2.24) is 9.97 Å². The number of carbonyl (C=O) groups excluding carboxylic acids is 1. The number of ether oxygens (including phenoxy) is 1. The Bertz CT molecular complexity index is 600. The molecule has 0 unspecified atom stereocenters. The number of rotatable bonds is 3. The Balaban J connectivity index is 2.63. The Morgan fingerprint density at radius 2 is 2.06 bits per heavy atom. The van der Waals surface area contributed by atoms with Crippen LogP contribution in [0.25, 0.3) is 11.3 Å². The van der Waals surface area contributed by atoms with Crippen LogP contribution in [0, 0.1) is 6.92 Å². The molecule has 0 N–H and O–H groups in total. The maximum Gasteiger partial charge on any atom is 0.193 e. The van der Waals surface area contributed by atoms with E-state index in [1.165, 1.54) is 0 Å². The van der Waals surface area contributed by atoms with Gasteiger partial charge in [0, 0.05) is 16.3 Å². The normalized spacial score (nSPS) is 10.2. The van der Waals surface area contributed by atoms with Gasteiger partial charge < -0.3 is 4.74 Å². The quantitative estimate of drug-likeness (QED) is 0.798. The molecule has 0 radical (unpaired) electrons. The van der Waals surface area contributed by atoms with E-state index in [-0.39, 0.29) is 5.82 Å². The minimum Gasteiger partial charge on any atom is -0.496 e. The van der Waals surface area contributed by atoms with Gasteiger partial charge in [-0.15, -0.1) is 0 Å². The summed E-state index contributed by atoms with van der Waals surface area (Å²) in [6.45, 7) is 1.80. The Hall–Kier alpha value is -1.94. The summed E-state index contributed by atoms with van der Waals surface area (Å²) in [5, 5.41) is 0.578. The van der Waals surface area contributed by atoms with Gasteiger partial charge in [0.1, 0.15) is 5.75 Å². The summed E-state index contributed by atoms with van der Waals surface area (Å²) in [5.74, 6) is 0.793. The molecule has 0 aliphatic heterocycles. The van der Waals surface area contributed by atoms with Gasteiger partial charge >= 0.3 is 0 Å². The van der Waals surface area contributed by atoms with Gasteiger partial charge in [-0.1, -0.05) is 11.6 Å². The second-order valence-electron chi connectivity index (χ2n) is 3.72. The van der Waals surface area contributed by atoms with Crippen LogP contribution in [0.5, 0.6) is 5.75 Å². The highest BCUT2D eigenvalue weighted by Gasteiger charge is 2.10. The van der Waals surface area contributed by atoms with E-state index < -0.39 is 0 Å². The number of hydrogen-bond donors (Lipinski definition) is 0. The fourth-order valence-electron chi connectivity index (χ4n) is 1.66. The molecule has 0 amide bonds. The minimum absolute atomic E-state index is 0.145. The molecule has 92 valence electrons. The van der Waals surface area contributed by atoms with Crippen LogP contribution in [-0.2, 0) is 0 Å². The lowest BCUT2D eigenvalue weighted by Gasteiger charge is -2.09. The first-order valence-corrected chi connectivity index (χ1v) is 5.66. The van der Waals surface area contributed by atoms with E-state index in [0.717, 1.165) is 5.56 Å². The van der Waals surface area contributed by atoms with Crippen molar-refractivity contribution in [2.45, 2.75) is 6.92 Å². The van der Waals surface area contributed by atoms with E-state index in [0.29, 0.717) is 28.4 Å². The van der Waals surface area contributed by atoms with Crippen LogP contribution in [0.15, 0.2) is 24.3 Å². The van der Waals surface area contributed by atoms with Crippen molar-refractivity contribution in [3.05, 3.63) is 40.8 Å². The third kappa shape index (κ3) is 2.49. The summed E-state index contributed by atoms with van der Waals surface area (Å²) in [4.78, 5) is 18.9. The second-order valence-corrected chi connectivity index (χ2v) is 4.15. The Morgan fingerprint density at radius 3 is 2.72 bits per heavy atom. The Kier molecular flexibility index (Phi) is 3.58. The monoisotopic (exact) mass is 262 g/mol. The van der Waals surface area contributed by atoms with E-state index in [2.05, 4.69) is 9.97 Å². The number of nitrogens with zero attached hydrogens (tertiary/aromatic N) is 2. The van der Waals surface area contributed by atoms with E-state index in [1.54, 1.807) is 38.3 Å². The largest absolute Gasteiger partial charge is 0.496 e. The molecule has 1 aromatic heterocycles. The summed E-state index contributed by atoms with van der Waals surface area (Å²) < 4.78 is 5.26. The number of methoxy groups -OCH3 is 1. The third-order valence-electron chi connectivity index (χ3n) is 2.41. The summed E-state index contributed by atoms with van der Waals surface area (Å²) in [7, 11) is 1.57. The molecule has 0 aliphatic carbocycles. The first-order valence-electron chi connectivity index (χ1n) is 5.29. The predicted molar refractivity (Wildman–Crippen MR) is 69.2 cm³/mol. The first-order chi connectivity index (χ1) is 8.63. The number of benzene rings is 1. The number of aryl methyl sites for hydroxylation is 1. The molecular formula is C13H11ClN2O2. The molecule has 2 rings (SSSR count). The molecule has 0 atom stereocenters. The van der Waals surface area contributed by atoms with Crippen molar-refractivity contribution in [1.29, 1.82) is 0 Å². The van der Waals surface area contributed by atoms with Crippen molar-refractivity contribution in [2.75, 3.05) is 7.11 Å². The van der Waals surface area contributed by atoms with Gasteiger partial charge in [0.05, 0.1) is 12.8 Å². The van der Waals surface area contributed by atoms with E-state index >= 15 is 0 Å². The molecule has 1 heterocycles. The highest BCUT2D eigenvalue weighted by Crippen LogP contribution is 2.31.